The summed E-state index contributed by atoms with van der Waals surface area (Å²) in [5.74, 6) is 0.262. The van der Waals surface area contributed by atoms with Gasteiger partial charge in [-0.3, -0.25) is 0 Å². The molecule has 5 rings (SSSR count). The predicted molar refractivity (Wildman–Crippen MR) is 133 cm³/mol. The van der Waals surface area contributed by atoms with E-state index < -0.39 is 21.3 Å². The van der Waals surface area contributed by atoms with Crippen LogP contribution in [0.2, 0.25) is 0 Å². The second-order valence-corrected chi connectivity index (χ2v) is 11.1. The zero-order chi connectivity index (χ0) is 24.4. The number of halogens is 1. The van der Waals surface area contributed by atoms with Gasteiger partial charge in [-0.1, -0.05) is 36.4 Å². The van der Waals surface area contributed by atoms with Gasteiger partial charge in [-0.05, 0) is 37.5 Å². The molecule has 184 valence electrons. The number of anilines is 2. The molecule has 0 spiro atoms. The van der Waals surface area contributed by atoms with Crippen LogP contribution in [0.25, 0.3) is 0 Å². The quantitative estimate of drug-likeness (QED) is 0.534. The minimum absolute atomic E-state index is 0.382. The highest BCUT2D eigenvalue weighted by atomic mass is 32.2. The lowest BCUT2D eigenvalue weighted by Crippen LogP contribution is -2.47. The van der Waals surface area contributed by atoms with Crippen LogP contribution in [-0.2, 0) is 10.0 Å². The molecule has 2 aliphatic heterocycles. The molecule has 8 nitrogen and oxygen atoms in total. The number of rotatable bonds is 5. The first-order valence-corrected chi connectivity index (χ1v) is 13.4. The van der Waals surface area contributed by atoms with Crippen LogP contribution in [0.1, 0.15) is 42.2 Å². The van der Waals surface area contributed by atoms with Gasteiger partial charge in [0, 0.05) is 50.0 Å². The molecule has 10 heteroatoms. The van der Waals surface area contributed by atoms with Crippen molar-refractivity contribution >= 4 is 21.7 Å². The Morgan fingerprint density at radius 2 is 1.63 bits per heavy atom. The molecule has 1 aromatic heterocycles. The first-order chi connectivity index (χ1) is 16.9. The van der Waals surface area contributed by atoms with Gasteiger partial charge in [0.05, 0.1) is 0 Å². The Hall–Kier alpha value is -3.11. The van der Waals surface area contributed by atoms with Gasteiger partial charge >= 0.3 is 0 Å². The summed E-state index contributed by atoms with van der Waals surface area (Å²) in [7, 11) is -3.61. The number of sulfonamides is 1. The van der Waals surface area contributed by atoms with E-state index in [0.717, 1.165) is 30.8 Å². The van der Waals surface area contributed by atoms with Crippen LogP contribution < -0.4 is 9.80 Å². The van der Waals surface area contributed by atoms with Crippen LogP contribution in [-0.4, -0.2) is 60.4 Å². The maximum Gasteiger partial charge on any atom is 0.228 e. The molecule has 0 N–H and O–H groups in total. The first kappa shape index (κ1) is 23.6. The lowest BCUT2D eigenvalue weighted by molar-refractivity contribution is 0.303. The highest BCUT2D eigenvalue weighted by Crippen LogP contribution is 2.39. The van der Waals surface area contributed by atoms with Gasteiger partial charge in [-0.15, -0.1) is 0 Å². The SMILES string of the molecule is CC(c1ccc(N2CCN(c3ncncn3)CC2)cc1F)N1CCCC(c2ccccc2)S1(=O)=O. The standard InChI is InChI=1S/C25H29FN6O2S/c1-19(32-11-5-8-24(35(32,33)34)20-6-3-2-4-7-20)22-10-9-21(16-23(22)26)30-12-14-31(15-13-30)25-28-17-27-18-29-25/h2-4,6-7,9-10,16-19,24H,5,8,11-15H2,1H3. The highest BCUT2D eigenvalue weighted by Gasteiger charge is 2.40. The summed E-state index contributed by atoms with van der Waals surface area (Å²) < 4.78 is 43.8. The Labute approximate surface area is 205 Å². The van der Waals surface area contributed by atoms with Crippen LogP contribution in [0.5, 0.6) is 0 Å². The third-order valence-electron chi connectivity index (χ3n) is 6.98. The zero-order valence-electron chi connectivity index (χ0n) is 19.7. The van der Waals surface area contributed by atoms with E-state index in [0.29, 0.717) is 37.6 Å². The van der Waals surface area contributed by atoms with Crippen LogP contribution in [0.15, 0.2) is 61.2 Å². The predicted octanol–water partition coefficient (Wildman–Crippen LogP) is 3.57. The molecule has 2 saturated heterocycles. The van der Waals surface area contributed by atoms with Crippen molar-refractivity contribution in [2.24, 2.45) is 0 Å². The van der Waals surface area contributed by atoms with E-state index in [4.69, 9.17) is 0 Å². The molecule has 3 heterocycles. The molecule has 2 fully saturated rings. The maximum absolute atomic E-state index is 15.3. The van der Waals surface area contributed by atoms with Crippen molar-refractivity contribution in [1.82, 2.24) is 19.3 Å². The number of hydrogen-bond donors (Lipinski definition) is 0. The first-order valence-electron chi connectivity index (χ1n) is 11.9. The largest absolute Gasteiger partial charge is 0.368 e. The second kappa shape index (κ2) is 9.87. The van der Waals surface area contributed by atoms with Crippen molar-refractivity contribution in [1.29, 1.82) is 0 Å². The third-order valence-corrected chi connectivity index (χ3v) is 9.36. The summed E-state index contributed by atoms with van der Waals surface area (Å²) in [6.07, 6.45) is 4.28. The number of benzene rings is 2. The zero-order valence-corrected chi connectivity index (χ0v) is 20.5. The molecule has 0 radical (unpaired) electrons. The summed E-state index contributed by atoms with van der Waals surface area (Å²) >= 11 is 0. The van der Waals surface area contributed by atoms with Gasteiger partial charge in [0.25, 0.3) is 0 Å². The van der Waals surface area contributed by atoms with Crippen LogP contribution in [0, 0.1) is 5.82 Å². The molecule has 0 aliphatic carbocycles. The van der Waals surface area contributed by atoms with Crippen LogP contribution in [0.3, 0.4) is 0 Å². The second-order valence-electron chi connectivity index (χ2n) is 8.99. The van der Waals surface area contributed by atoms with E-state index in [1.807, 2.05) is 36.4 Å². The van der Waals surface area contributed by atoms with Gasteiger partial charge in [-0.25, -0.2) is 27.8 Å². The van der Waals surface area contributed by atoms with E-state index >= 15 is 4.39 Å². The van der Waals surface area contributed by atoms with Crippen LogP contribution >= 0.6 is 0 Å². The third kappa shape index (κ3) is 4.72. The molecule has 2 aromatic carbocycles. The maximum atomic E-state index is 15.3. The van der Waals surface area contributed by atoms with Crippen molar-refractivity contribution < 1.29 is 12.8 Å². The molecule has 2 unspecified atom stereocenters. The fraction of sp³-hybridized carbons (Fsp3) is 0.400. The normalized spacial score (nSPS) is 21.6. The molecular formula is C25H29FN6O2S. The molecule has 0 saturated carbocycles. The Bertz CT molecular complexity index is 1250. The molecule has 2 aliphatic rings. The van der Waals surface area contributed by atoms with Crippen molar-refractivity contribution in [3.05, 3.63) is 78.1 Å². The van der Waals surface area contributed by atoms with E-state index in [2.05, 4.69) is 24.8 Å². The van der Waals surface area contributed by atoms with E-state index in [1.54, 1.807) is 13.0 Å². The summed E-state index contributed by atoms with van der Waals surface area (Å²) in [6, 6.07) is 13.9. The number of aromatic nitrogens is 3. The summed E-state index contributed by atoms with van der Waals surface area (Å²) in [6.45, 7) is 5.02. The van der Waals surface area contributed by atoms with Gasteiger partial charge in [0.1, 0.15) is 23.7 Å². The minimum atomic E-state index is -3.61. The van der Waals surface area contributed by atoms with E-state index in [9.17, 15) is 8.42 Å². The van der Waals surface area contributed by atoms with Gasteiger partial charge in [0.15, 0.2) is 0 Å². The minimum Gasteiger partial charge on any atom is -0.368 e. The lowest BCUT2D eigenvalue weighted by atomic mass is 10.0. The van der Waals surface area contributed by atoms with Gasteiger partial charge in [0.2, 0.25) is 16.0 Å². The van der Waals surface area contributed by atoms with E-state index in [-0.39, 0.29) is 5.82 Å². The van der Waals surface area contributed by atoms with Gasteiger partial charge in [-0.2, -0.15) is 4.31 Å². The molecule has 3 aromatic rings. The monoisotopic (exact) mass is 496 g/mol. The lowest BCUT2D eigenvalue weighted by Gasteiger charge is -2.37. The number of hydrogen-bond acceptors (Lipinski definition) is 7. The topological polar surface area (TPSA) is 82.5 Å². The fourth-order valence-corrected chi connectivity index (χ4v) is 7.29. The molecule has 2 atom stereocenters. The van der Waals surface area contributed by atoms with Crippen LogP contribution in [0.4, 0.5) is 16.0 Å². The Kier molecular flexibility index (Phi) is 6.66. The summed E-state index contributed by atoms with van der Waals surface area (Å²) in [5, 5.41) is -0.595. The average molecular weight is 497 g/mol. The highest BCUT2D eigenvalue weighted by molar-refractivity contribution is 7.89. The number of piperazine rings is 1. The average Bonchev–Trinajstić information content (AvgIpc) is 2.89. The molecule has 0 amide bonds. The Morgan fingerprint density at radius 1 is 0.943 bits per heavy atom. The van der Waals surface area contributed by atoms with Crippen molar-refractivity contribution in [2.75, 3.05) is 42.5 Å². The van der Waals surface area contributed by atoms with E-state index in [1.165, 1.54) is 23.0 Å². The van der Waals surface area contributed by atoms with Crippen molar-refractivity contribution in [2.45, 2.75) is 31.1 Å². The molecule has 0 bridgehead atoms. The van der Waals surface area contributed by atoms with Crippen molar-refractivity contribution in [3.63, 3.8) is 0 Å². The fourth-order valence-electron chi connectivity index (χ4n) is 5.06. The number of nitrogens with zero attached hydrogens (tertiary/aromatic N) is 6. The Morgan fingerprint density at radius 3 is 2.31 bits per heavy atom. The summed E-state index contributed by atoms with van der Waals surface area (Å²) in [5.41, 5.74) is 1.98. The molecular weight excluding hydrogens is 467 g/mol. The van der Waals surface area contributed by atoms with Gasteiger partial charge < -0.3 is 9.80 Å². The molecule has 35 heavy (non-hydrogen) atoms. The smallest absolute Gasteiger partial charge is 0.228 e. The summed E-state index contributed by atoms with van der Waals surface area (Å²) in [4.78, 5) is 16.5. The van der Waals surface area contributed by atoms with Crippen molar-refractivity contribution in [3.8, 4) is 0 Å². The Balaban J connectivity index is 1.30.